The first-order chi connectivity index (χ1) is 7.29. The second-order valence-electron chi connectivity index (χ2n) is 5.36. The molecule has 1 saturated heterocycles. The molecule has 0 aromatic carbocycles. The summed E-state index contributed by atoms with van der Waals surface area (Å²) in [5.74, 6) is 0.968. The van der Waals surface area contributed by atoms with Crippen molar-refractivity contribution in [1.29, 1.82) is 0 Å². The molecule has 2 unspecified atom stereocenters. The van der Waals surface area contributed by atoms with Crippen LogP contribution in [0, 0.1) is 5.92 Å². The number of hydrogen-bond acceptors (Lipinski definition) is 2. The minimum Gasteiger partial charge on any atom is -0.393 e. The van der Waals surface area contributed by atoms with Gasteiger partial charge in [0.1, 0.15) is 0 Å². The van der Waals surface area contributed by atoms with E-state index in [1.165, 1.54) is 32.1 Å². The average Bonchev–Trinajstić information content (AvgIpc) is 2.30. The van der Waals surface area contributed by atoms with Gasteiger partial charge < -0.3 is 10.0 Å². The van der Waals surface area contributed by atoms with E-state index in [1.54, 1.807) is 0 Å². The number of likely N-dealkylation sites (tertiary alicyclic amines) is 1. The van der Waals surface area contributed by atoms with Crippen molar-refractivity contribution in [3.8, 4) is 0 Å². The first-order valence-corrected chi connectivity index (χ1v) is 6.71. The van der Waals surface area contributed by atoms with E-state index in [0.29, 0.717) is 0 Å². The third kappa shape index (κ3) is 2.94. The smallest absolute Gasteiger partial charge is 0.0564 e. The number of rotatable bonds is 2. The Bertz CT molecular complexity index is 187. The Morgan fingerprint density at radius 1 is 1.13 bits per heavy atom. The van der Waals surface area contributed by atoms with Gasteiger partial charge in [0.15, 0.2) is 0 Å². The van der Waals surface area contributed by atoms with E-state index >= 15 is 0 Å². The van der Waals surface area contributed by atoms with E-state index in [0.717, 1.165) is 37.9 Å². The Kier molecular flexibility index (Phi) is 4.04. The topological polar surface area (TPSA) is 23.5 Å². The molecule has 0 bridgehead atoms. The van der Waals surface area contributed by atoms with Crippen molar-refractivity contribution in [2.45, 2.75) is 64.0 Å². The maximum Gasteiger partial charge on any atom is 0.0564 e. The van der Waals surface area contributed by atoms with Crippen LogP contribution in [0.25, 0.3) is 0 Å². The normalized spacial score (nSPS) is 35.6. The molecule has 2 heteroatoms. The molecular formula is C13H25NO. The average molecular weight is 211 g/mol. The Balaban J connectivity index is 1.82. The van der Waals surface area contributed by atoms with Crippen molar-refractivity contribution in [2.24, 2.45) is 5.92 Å². The second-order valence-corrected chi connectivity index (χ2v) is 5.36. The molecule has 2 rings (SSSR count). The number of hydrogen-bond donors (Lipinski definition) is 1. The van der Waals surface area contributed by atoms with Gasteiger partial charge in [0.05, 0.1) is 6.10 Å². The third-order valence-electron chi connectivity index (χ3n) is 4.35. The molecule has 0 aromatic heterocycles. The lowest BCUT2D eigenvalue weighted by Crippen LogP contribution is -2.44. The number of aliphatic hydroxyl groups excluding tert-OH is 1. The van der Waals surface area contributed by atoms with Gasteiger partial charge in [-0.3, -0.25) is 0 Å². The lowest BCUT2D eigenvalue weighted by Gasteiger charge is -2.40. The van der Waals surface area contributed by atoms with Gasteiger partial charge in [0.25, 0.3) is 0 Å². The highest BCUT2D eigenvalue weighted by atomic mass is 16.3. The van der Waals surface area contributed by atoms with Gasteiger partial charge in [-0.1, -0.05) is 26.2 Å². The van der Waals surface area contributed by atoms with Gasteiger partial charge in [-0.25, -0.2) is 0 Å². The van der Waals surface area contributed by atoms with Crippen LogP contribution in [0.3, 0.4) is 0 Å². The molecular weight excluding hydrogens is 186 g/mol. The summed E-state index contributed by atoms with van der Waals surface area (Å²) in [6.45, 7) is 4.58. The van der Waals surface area contributed by atoms with Crippen molar-refractivity contribution < 1.29 is 5.11 Å². The summed E-state index contributed by atoms with van der Waals surface area (Å²) >= 11 is 0. The molecule has 0 amide bonds. The van der Waals surface area contributed by atoms with Gasteiger partial charge in [0, 0.05) is 19.1 Å². The van der Waals surface area contributed by atoms with Crippen LogP contribution < -0.4 is 0 Å². The zero-order valence-corrected chi connectivity index (χ0v) is 9.99. The Hall–Kier alpha value is -0.0800. The van der Waals surface area contributed by atoms with Crippen LogP contribution >= 0.6 is 0 Å². The highest BCUT2D eigenvalue weighted by molar-refractivity contribution is 4.83. The molecule has 15 heavy (non-hydrogen) atoms. The number of aliphatic hydroxyl groups is 1. The van der Waals surface area contributed by atoms with Crippen LogP contribution in [0.1, 0.15) is 51.9 Å². The molecule has 0 radical (unpaired) electrons. The minimum atomic E-state index is -0.0215. The van der Waals surface area contributed by atoms with Gasteiger partial charge in [-0.05, 0) is 31.6 Å². The summed E-state index contributed by atoms with van der Waals surface area (Å²) in [6.07, 6.45) is 8.99. The summed E-state index contributed by atoms with van der Waals surface area (Å²) in [5, 5.41) is 9.50. The molecule has 1 aliphatic heterocycles. The van der Waals surface area contributed by atoms with E-state index < -0.39 is 0 Å². The monoisotopic (exact) mass is 211 g/mol. The largest absolute Gasteiger partial charge is 0.393 e. The Labute approximate surface area is 93.7 Å². The van der Waals surface area contributed by atoms with Crippen molar-refractivity contribution in [3.05, 3.63) is 0 Å². The summed E-state index contributed by atoms with van der Waals surface area (Å²) in [4.78, 5) is 2.63. The van der Waals surface area contributed by atoms with Crippen LogP contribution in [0.2, 0.25) is 0 Å². The first-order valence-electron chi connectivity index (χ1n) is 6.71. The van der Waals surface area contributed by atoms with Gasteiger partial charge in [-0.2, -0.15) is 0 Å². The zero-order valence-electron chi connectivity index (χ0n) is 9.99. The number of nitrogens with zero attached hydrogens (tertiary/aromatic N) is 1. The van der Waals surface area contributed by atoms with Crippen LogP contribution in [-0.4, -0.2) is 35.2 Å². The first kappa shape index (κ1) is 11.4. The predicted molar refractivity (Wildman–Crippen MR) is 62.9 cm³/mol. The molecule has 1 saturated carbocycles. The summed E-state index contributed by atoms with van der Waals surface area (Å²) in [7, 11) is 0. The highest BCUT2D eigenvalue weighted by Crippen LogP contribution is 2.30. The van der Waals surface area contributed by atoms with E-state index in [-0.39, 0.29) is 6.10 Å². The number of piperidine rings is 1. The molecule has 1 aliphatic carbocycles. The summed E-state index contributed by atoms with van der Waals surface area (Å²) < 4.78 is 0. The summed E-state index contributed by atoms with van der Waals surface area (Å²) in [6, 6.07) is 0.830. The maximum atomic E-state index is 9.50. The van der Waals surface area contributed by atoms with E-state index in [1.807, 2.05) is 0 Å². The van der Waals surface area contributed by atoms with Crippen molar-refractivity contribution in [2.75, 3.05) is 13.1 Å². The predicted octanol–water partition coefficient (Wildman–Crippen LogP) is 2.41. The maximum absolute atomic E-state index is 9.50. The molecule has 1 heterocycles. The summed E-state index contributed by atoms with van der Waals surface area (Å²) in [5.41, 5.74) is 0. The molecule has 88 valence electrons. The molecule has 2 nitrogen and oxygen atoms in total. The lowest BCUT2D eigenvalue weighted by molar-refractivity contribution is 0.0425. The van der Waals surface area contributed by atoms with Gasteiger partial charge in [0.2, 0.25) is 0 Å². The van der Waals surface area contributed by atoms with Gasteiger partial charge >= 0.3 is 0 Å². The highest BCUT2D eigenvalue weighted by Gasteiger charge is 2.28. The van der Waals surface area contributed by atoms with Crippen LogP contribution in [0.15, 0.2) is 0 Å². The quantitative estimate of drug-likeness (QED) is 0.758. The molecule has 2 atom stereocenters. The molecule has 2 aliphatic rings. The van der Waals surface area contributed by atoms with Crippen LogP contribution in [0.5, 0.6) is 0 Å². The standard InChI is InChI=1S/C13H25NO/c1-2-11-4-3-5-12(10-11)14-8-6-13(15)7-9-14/h11-13,15H,2-10H2,1H3. The molecule has 0 spiro atoms. The van der Waals surface area contributed by atoms with Crippen molar-refractivity contribution in [1.82, 2.24) is 4.90 Å². The van der Waals surface area contributed by atoms with Crippen molar-refractivity contribution >= 4 is 0 Å². The SMILES string of the molecule is CCC1CCCC(N2CCC(O)CC2)C1. The second kappa shape index (κ2) is 5.31. The fraction of sp³-hybridized carbons (Fsp3) is 1.00. The van der Waals surface area contributed by atoms with Crippen LogP contribution in [-0.2, 0) is 0 Å². The van der Waals surface area contributed by atoms with E-state index in [2.05, 4.69) is 11.8 Å². The molecule has 1 N–H and O–H groups in total. The Morgan fingerprint density at radius 2 is 1.87 bits per heavy atom. The van der Waals surface area contributed by atoms with E-state index in [9.17, 15) is 5.11 Å². The fourth-order valence-electron chi connectivity index (χ4n) is 3.22. The molecule has 0 aromatic rings. The zero-order chi connectivity index (χ0) is 10.7. The van der Waals surface area contributed by atoms with Crippen molar-refractivity contribution in [3.63, 3.8) is 0 Å². The minimum absolute atomic E-state index is 0.0215. The lowest BCUT2D eigenvalue weighted by atomic mass is 9.83. The van der Waals surface area contributed by atoms with Crippen LogP contribution in [0.4, 0.5) is 0 Å². The van der Waals surface area contributed by atoms with Gasteiger partial charge in [-0.15, -0.1) is 0 Å². The fourth-order valence-corrected chi connectivity index (χ4v) is 3.22. The van der Waals surface area contributed by atoms with E-state index in [4.69, 9.17) is 0 Å². The molecule has 2 fully saturated rings. The Morgan fingerprint density at radius 3 is 2.53 bits per heavy atom. The third-order valence-corrected chi connectivity index (χ3v) is 4.35.